The van der Waals surface area contributed by atoms with Gasteiger partial charge in [-0.3, -0.25) is 0 Å². The fourth-order valence-corrected chi connectivity index (χ4v) is 0.392. The molecule has 0 spiro atoms. The Kier molecular flexibility index (Phi) is 4.31. The van der Waals surface area contributed by atoms with Crippen molar-refractivity contribution in [3.63, 3.8) is 0 Å². The fraction of sp³-hybridized carbons (Fsp3) is 0.500. The van der Waals surface area contributed by atoms with E-state index < -0.39 is 6.36 Å². The van der Waals surface area contributed by atoms with Crippen LogP contribution in [0.15, 0.2) is 11.2 Å². The number of alkyl halides is 3. The van der Waals surface area contributed by atoms with E-state index in [1.54, 1.807) is 0 Å². The summed E-state index contributed by atoms with van der Waals surface area (Å²) < 4.78 is 37.1. The van der Waals surface area contributed by atoms with Gasteiger partial charge in [-0.25, -0.2) is 0 Å². The average Bonchev–Trinajstić information content (AvgIpc) is 1.85. The van der Waals surface area contributed by atoms with Crippen molar-refractivity contribution in [3.05, 3.63) is 11.2 Å². The topological polar surface area (TPSA) is 38.7 Å². The van der Waals surface area contributed by atoms with Gasteiger partial charge in [-0.1, -0.05) is 0 Å². The molecule has 0 rings (SSSR count). The molecule has 0 atom stereocenters. The molecule has 0 aliphatic heterocycles. The zero-order valence-electron chi connectivity index (χ0n) is 5.38. The third kappa shape index (κ3) is 7.50. The zero-order chi connectivity index (χ0) is 8.91. The molecule has 0 bridgehead atoms. The van der Waals surface area contributed by atoms with Gasteiger partial charge in [-0.2, -0.15) is 4.33 Å². The number of allylic oxidation sites excluding steroid dienone is 1. The molecule has 1 N–H and O–H groups in total. The van der Waals surface area contributed by atoms with Gasteiger partial charge in [0, 0.05) is 4.91 Å². The van der Waals surface area contributed by atoms with Crippen LogP contribution in [-0.4, -0.2) is 11.5 Å². The van der Waals surface area contributed by atoms with Crippen molar-refractivity contribution in [1.29, 1.82) is 0 Å². The van der Waals surface area contributed by atoms with Crippen LogP contribution >= 0.6 is 12.0 Å². The molecule has 0 saturated carbocycles. The lowest BCUT2D eigenvalue weighted by Crippen LogP contribution is -2.11. The highest BCUT2D eigenvalue weighted by Gasteiger charge is 2.31. The van der Waals surface area contributed by atoms with Gasteiger partial charge >= 0.3 is 6.36 Å². The second-order valence-corrected chi connectivity index (χ2v) is 2.37. The van der Waals surface area contributed by atoms with Crippen LogP contribution in [0, 0.1) is 0 Å². The van der Waals surface area contributed by atoms with E-state index >= 15 is 0 Å². The first-order chi connectivity index (χ1) is 4.95. The Morgan fingerprint density at radius 3 is 2.45 bits per heavy atom. The maximum absolute atomic E-state index is 11.2. The summed E-state index contributed by atoms with van der Waals surface area (Å²) in [6.07, 6.45) is -4.22. The van der Waals surface area contributed by atoms with Crippen molar-refractivity contribution in [2.75, 3.05) is 0 Å². The monoisotopic (exact) mass is 190 g/mol. The molecule has 0 heterocycles. The van der Waals surface area contributed by atoms with Gasteiger partial charge in [0.1, 0.15) is 0 Å². The third-order valence-corrected chi connectivity index (χ3v) is 0.980. The summed E-state index contributed by atoms with van der Waals surface area (Å²) >= 11 is 0.272. The van der Waals surface area contributed by atoms with Gasteiger partial charge in [0.05, 0.1) is 18.3 Å². The van der Waals surface area contributed by atoms with Gasteiger partial charge in [-0.15, -0.1) is 18.1 Å². The first-order valence-corrected chi connectivity index (χ1v) is 3.10. The van der Waals surface area contributed by atoms with E-state index in [0.717, 1.165) is 0 Å². The fourth-order valence-electron chi connectivity index (χ4n) is 0.131. The second-order valence-electron chi connectivity index (χ2n) is 1.42. The lowest BCUT2D eigenvalue weighted by molar-refractivity contribution is -0.439. The van der Waals surface area contributed by atoms with Gasteiger partial charge in [-0.05, 0) is 6.92 Å². The molecule has 0 unspecified atom stereocenters. The summed E-state index contributed by atoms with van der Waals surface area (Å²) in [5, 5.41) is 8.16. The van der Waals surface area contributed by atoms with E-state index in [-0.39, 0.29) is 16.9 Å². The maximum Gasteiger partial charge on any atom is 0.550 e. The Morgan fingerprint density at radius 1 is 1.55 bits per heavy atom. The molecule has 3 nitrogen and oxygen atoms in total. The highest BCUT2D eigenvalue weighted by Crippen LogP contribution is 2.23. The van der Waals surface area contributed by atoms with Gasteiger partial charge in [0.15, 0.2) is 0 Å². The zero-order valence-corrected chi connectivity index (χ0v) is 6.20. The molecule has 0 aromatic carbocycles. The lowest BCUT2D eigenvalue weighted by atomic mass is 10.7. The first kappa shape index (κ1) is 10.6. The Hall–Kier alpha value is -0.400. The molecule has 11 heavy (non-hydrogen) atoms. The standard InChI is InChI=1S/C4H5F3O3S/c1-3(2-8)11-10-9-4(5,6)7/h2,8H,1H3/b3-2+. The minimum atomic E-state index is -4.82. The van der Waals surface area contributed by atoms with E-state index in [4.69, 9.17) is 5.11 Å². The van der Waals surface area contributed by atoms with Crippen LogP contribution in [0.1, 0.15) is 6.92 Å². The molecular formula is C4H5F3O3S. The molecule has 0 fully saturated rings. The van der Waals surface area contributed by atoms with E-state index in [2.05, 4.69) is 9.22 Å². The van der Waals surface area contributed by atoms with Gasteiger partial charge in [0.25, 0.3) is 0 Å². The minimum absolute atomic E-state index is 0.147. The van der Waals surface area contributed by atoms with Crippen molar-refractivity contribution < 1.29 is 27.5 Å². The van der Waals surface area contributed by atoms with Crippen molar-refractivity contribution in [1.82, 2.24) is 0 Å². The van der Waals surface area contributed by atoms with Crippen LogP contribution in [-0.2, 0) is 9.22 Å². The number of hydrogen-bond acceptors (Lipinski definition) is 4. The predicted octanol–water partition coefficient (Wildman–Crippen LogP) is 2.52. The summed E-state index contributed by atoms with van der Waals surface area (Å²) in [5.74, 6) is 0. The van der Waals surface area contributed by atoms with E-state index in [0.29, 0.717) is 6.26 Å². The van der Waals surface area contributed by atoms with Crippen molar-refractivity contribution in [3.8, 4) is 0 Å². The van der Waals surface area contributed by atoms with Crippen LogP contribution in [0.2, 0.25) is 0 Å². The average molecular weight is 190 g/mol. The van der Waals surface area contributed by atoms with Crippen LogP contribution in [0.4, 0.5) is 13.2 Å². The Balaban J connectivity index is 3.43. The molecule has 66 valence electrons. The molecule has 0 aromatic rings. The quantitative estimate of drug-likeness (QED) is 0.321. The molecule has 0 radical (unpaired) electrons. The summed E-state index contributed by atoms with van der Waals surface area (Å²) in [5.41, 5.74) is 0. The molecule has 0 aliphatic carbocycles. The molecule has 7 heteroatoms. The van der Waals surface area contributed by atoms with Gasteiger partial charge < -0.3 is 5.11 Å². The largest absolute Gasteiger partial charge is 0.550 e. The lowest BCUT2D eigenvalue weighted by Gasteiger charge is -2.03. The smallest absolute Gasteiger partial charge is 0.515 e. The SMILES string of the molecule is C/C(=C\O)SOOC(F)(F)F. The maximum atomic E-state index is 11.2. The Morgan fingerprint density at radius 2 is 2.09 bits per heavy atom. The van der Waals surface area contributed by atoms with Crippen LogP contribution < -0.4 is 0 Å². The molecule has 0 amide bonds. The van der Waals surface area contributed by atoms with Gasteiger partial charge in [0.2, 0.25) is 0 Å². The van der Waals surface area contributed by atoms with Crippen molar-refractivity contribution in [2.24, 2.45) is 0 Å². The Bertz CT molecular complexity index is 144. The second kappa shape index (κ2) is 4.47. The normalized spacial score (nSPS) is 13.6. The number of rotatable bonds is 3. The highest BCUT2D eigenvalue weighted by atomic mass is 32.2. The Labute approximate surface area is 64.9 Å². The minimum Gasteiger partial charge on any atom is -0.515 e. The summed E-state index contributed by atoms with van der Waals surface area (Å²) in [4.78, 5) is 3.06. The summed E-state index contributed by atoms with van der Waals surface area (Å²) in [7, 11) is 0. The summed E-state index contributed by atoms with van der Waals surface area (Å²) in [6.45, 7) is 1.35. The van der Waals surface area contributed by atoms with Crippen LogP contribution in [0.3, 0.4) is 0 Å². The van der Waals surface area contributed by atoms with Crippen LogP contribution in [0.5, 0.6) is 0 Å². The number of hydrogen-bond donors (Lipinski definition) is 1. The molecule has 0 saturated heterocycles. The number of aliphatic hydroxyl groups excluding tert-OH is 1. The number of aliphatic hydroxyl groups is 1. The summed E-state index contributed by atoms with van der Waals surface area (Å²) in [6, 6.07) is 0. The highest BCUT2D eigenvalue weighted by molar-refractivity contribution is 7.98. The molecular weight excluding hydrogens is 185 g/mol. The van der Waals surface area contributed by atoms with E-state index in [9.17, 15) is 13.2 Å². The van der Waals surface area contributed by atoms with E-state index in [1.165, 1.54) is 6.92 Å². The number of halogens is 3. The predicted molar refractivity (Wildman–Crippen MR) is 32.2 cm³/mol. The molecule has 0 aliphatic rings. The third-order valence-electron chi connectivity index (χ3n) is 0.476. The van der Waals surface area contributed by atoms with E-state index in [1.807, 2.05) is 0 Å². The molecule has 0 aromatic heterocycles. The van der Waals surface area contributed by atoms with Crippen molar-refractivity contribution in [2.45, 2.75) is 13.3 Å². The van der Waals surface area contributed by atoms with Crippen molar-refractivity contribution >= 4 is 12.0 Å². The van der Waals surface area contributed by atoms with Crippen LogP contribution in [0.25, 0.3) is 0 Å². The first-order valence-electron chi connectivity index (χ1n) is 2.36.